The molecule has 0 N–H and O–H groups in total. The van der Waals surface area contributed by atoms with Crippen LogP contribution in [-0.2, 0) is 4.79 Å². The Balaban J connectivity index is 3.15. The van der Waals surface area contributed by atoms with Gasteiger partial charge in [-0.05, 0) is 11.6 Å². The van der Waals surface area contributed by atoms with Gasteiger partial charge in [0.05, 0.1) is 5.02 Å². The van der Waals surface area contributed by atoms with Gasteiger partial charge in [-0.2, -0.15) is 0 Å². The molecule has 1 aromatic carbocycles. The van der Waals surface area contributed by atoms with Gasteiger partial charge in [0.15, 0.2) is 0 Å². The molecule has 0 heterocycles. The second-order valence-electron chi connectivity index (χ2n) is 2.60. The van der Waals surface area contributed by atoms with Crippen molar-refractivity contribution in [2.24, 2.45) is 0 Å². The number of thiol groups is 1. The minimum Gasteiger partial charge on any atom is -0.303 e. The molecule has 0 saturated heterocycles. The zero-order valence-corrected chi connectivity index (χ0v) is 8.27. The molecule has 1 unspecified atom stereocenters. The Kier molecular flexibility index (Phi) is 3.18. The second kappa shape index (κ2) is 3.97. The summed E-state index contributed by atoms with van der Waals surface area (Å²) in [6, 6.07) is 5.43. The maximum atomic E-state index is 10.5. The van der Waals surface area contributed by atoms with Gasteiger partial charge in [-0.3, -0.25) is 0 Å². The number of carbonyl (C=O) groups is 1. The van der Waals surface area contributed by atoms with Crippen molar-refractivity contribution in [3.05, 3.63) is 28.8 Å². The molecule has 1 nitrogen and oxygen atoms in total. The maximum Gasteiger partial charge on any atom is 0.127 e. The van der Waals surface area contributed by atoms with E-state index in [0.29, 0.717) is 9.92 Å². The molecule has 0 aliphatic carbocycles. The molecule has 12 heavy (non-hydrogen) atoms. The summed E-state index contributed by atoms with van der Waals surface area (Å²) in [5, 5.41) is 0.588. The molecule has 0 aromatic heterocycles. The van der Waals surface area contributed by atoms with Crippen molar-refractivity contribution in [2.45, 2.75) is 17.7 Å². The highest BCUT2D eigenvalue weighted by Crippen LogP contribution is 2.28. The molecule has 0 amide bonds. The van der Waals surface area contributed by atoms with E-state index in [0.717, 1.165) is 11.8 Å². The molecule has 3 heteroatoms. The number of aldehydes is 1. The van der Waals surface area contributed by atoms with Gasteiger partial charge in [0.1, 0.15) is 6.29 Å². The van der Waals surface area contributed by atoms with Gasteiger partial charge in [-0.15, -0.1) is 12.6 Å². The van der Waals surface area contributed by atoms with Gasteiger partial charge in [-0.25, -0.2) is 0 Å². The second-order valence-corrected chi connectivity index (χ2v) is 3.46. The summed E-state index contributed by atoms with van der Waals surface area (Å²) in [5.41, 5.74) is 0.876. The zero-order valence-electron chi connectivity index (χ0n) is 6.62. The van der Waals surface area contributed by atoms with Crippen LogP contribution in [0.15, 0.2) is 23.1 Å². The van der Waals surface area contributed by atoms with Crippen LogP contribution in [0.1, 0.15) is 18.4 Å². The van der Waals surface area contributed by atoms with E-state index in [1.807, 2.05) is 19.1 Å². The largest absolute Gasteiger partial charge is 0.303 e. The van der Waals surface area contributed by atoms with Crippen molar-refractivity contribution in [2.75, 3.05) is 0 Å². The van der Waals surface area contributed by atoms with Crippen molar-refractivity contribution in [1.82, 2.24) is 0 Å². The molecule has 0 bridgehead atoms. The minimum atomic E-state index is -0.142. The number of benzene rings is 1. The molecule has 0 aliphatic rings. The first kappa shape index (κ1) is 9.62. The summed E-state index contributed by atoms with van der Waals surface area (Å²) in [4.78, 5) is 11.2. The van der Waals surface area contributed by atoms with Crippen LogP contribution in [0.5, 0.6) is 0 Å². The van der Waals surface area contributed by atoms with Crippen molar-refractivity contribution < 1.29 is 4.79 Å². The lowest BCUT2D eigenvalue weighted by Gasteiger charge is -2.07. The highest BCUT2D eigenvalue weighted by atomic mass is 35.5. The summed E-state index contributed by atoms with van der Waals surface area (Å²) in [5.74, 6) is -0.142. The normalized spacial score (nSPS) is 12.6. The van der Waals surface area contributed by atoms with Gasteiger partial charge in [0, 0.05) is 10.8 Å². The molecule has 64 valence electrons. The van der Waals surface area contributed by atoms with Crippen LogP contribution in [0.4, 0.5) is 0 Å². The summed E-state index contributed by atoms with van der Waals surface area (Å²) >= 11 is 10.0. The van der Waals surface area contributed by atoms with E-state index in [-0.39, 0.29) is 5.92 Å². The standard InChI is InChI=1S/C9H9ClOS/c1-6(5-11)7-3-2-4-8(10)9(7)12/h2-6,12H,1H3. The van der Waals surface area contributed by atoms with Gasteiger partial charge < -0.3 is 4.79 Å². The molecule has 0 radical (unpaired) electrons. The molecule has 1 aromatic rings. The van der Waals surface area contributed by atoms with Gasteiger partial charge >= 0.3 is 0 Å². The van der Waals surface area contributed by atoms with E-state index in [1.165, 1.54) is 0 Å². The summed E-state index contributed by atoms with van der Waals surface area (Å²) < 4.78 is 0. The molecule has 1 atom stereocenters. The van der Waals surface area contributed by atoms with Gasteiger partial charge in [0.2, 0.25) is 0 Å². The van der Waals surface area contributed by atoms with Gasteiger partial charge in [-0.1, -0.05) is 30.7 Å². The van der Waals surface area contributed by atoms with E-state index in [4.69, 9.17) is 11.6 Å². The summed E-state index contributed by atoms with van der Waals surface area (Å²) in [6.45, 7) is 1.82. The molecule has 0 saturated carbocycles. The molecular formula is C9H9ClOS. The van der Waals surface area contributed by atoms with Crippen LogP contribution in [0.2, 0.25) is 5.02 Å². The lowest BCUT2D eigenvalue weighted by molar-refractivity contribution is -0.108. The van der Waals surface area contributed by atoms with Crippen LogP contribution in [-0.4, -0.2) is 6.29 Å². The van der Waals surface area contributed by atoms with Crippen molar-refractivity contribution in [3.63, 3.8) is 0 Å². The first-order valence-electron chi connectivity index (χ1n) is 3.59. The van der Waals surface area contributed by atoms with E-state index in [2.05, 4.69) is 12.6 Å². The number of rotatable bonds is 2. The fraction of sp³-hybridized carbons (Fsp3) is 0.222. The van der Waals surface area contributed by atoms with E-state index >= 15 is 0 Å². The van der Waals surface area contributed by atoms with Crippen molar-refractivity contribution >= 4 is 30.5 Å². The maximum absolute atomic E-state index is 10.5. The Morgan fingerprint density at radius 3 is 2.83 bits per heavy atom. The third-order valence-corrected chi connectivity index (χ3v) is 2.66. The summed E-state index contributed by atoms with van der Waals surface area (Å²) in [6.07, 6.45) is 0.880. The number of carbonyl (C=O) groups excluding carboxylic acids is 1. The monoisotopic (exact) mass is 200 g/mol. The Morgan fingerprint density at radius 1 is 1.58 bits per heavy atom. The van der Waals surface area contributed by atoms with E-state index in [1.54, 1.807) is 6.07 Å². The minimum absolute atomic E-state index is 0.142. The number of halogens is 1. The zero-order chi connectivity index (χ0) is 9.14. The van der Waals surface area contributed by atoms with Crippen LogP contribution in [0.3, 0.4) is 0 Å². The first-order valence-corrected chi connectivity index (χ1v) is 4.42. The number of hydrogen-bond acceptors (Lipinski definition) is 2. The van der Waals surface area contributed by atoms with E-state index < -0.39 is 0 Å². The topological polar surface area (TPSA) is 17.1 Å². The highest BCUT2D eigenvalue weighted by molar-refractivity contribution is 7.80. The van der Waals surface area contributed by atoms with Crippen molar-refractivity contribution in [1.29, 1.82) is 0 Å². The third kappa shape index (κ3) is 1.82. The van der Waals surface area contributed by atoms with Crippen LogP contribution in [0, 0.1) is 0 Å². The fourth-order valence-electron chi connectivity index (χ4n) is 0.973. The predicted molar refractivity (Wildman–Crippen MR) is 53.2 cm³/mol. The first-order chi connectivity index (χ1) is 5.66. The molecule has 0 aliphatic heterocycles. The Morgan fingerprint density at radius 2 is 2.25 bits per heavy atom. The lowest BCUT2D eigenvalue weighted by Crippen LogP contribution is -1.95. The Labute approximate surface area is 82.1 Å². The highest BCUT2D eigenvalue weighted by Gasteiger charge is 2.08. The smallest absolute Gasteiger partial charge is 0.127 e. The average Bonchev–Trinajstić information content (AvgIpc) is 2.08. The molecule has 0 spiro atoms. The van der Waals surface area contributed by atoms with Crippen LogP contribution in [0.25, 0.3) is 0 Å². The molecule has 1 rings (SSSR count). The molecular weight excluding hydrogens is 192 g/mol. The van der Waals surface area contributed by atoms with Crippen molar-refractivity contribution in [3.8, 4) is 0 Å². The average molecular weight is 201 g/mol. The predicted octanol–water partition coefficient (Wildman–Crippen LogP) is 2.93. The van der Waals surface area contributed by atoms with E-state index in [9.17, 15) is 4.79 Å². The fourth-order valence-corrected chi connectivity index (χ4v) is 1.51. The summed E-state index contributed by atoms with van der Waals surface area (Å²) in [7, 11) is 0. The Bertz CT molecular complexity index is 299. The lowest BCUT2D eigenvalue weighted by atomic mass is 10.0. The quantitative estimate of drug-likeness (QED) is 0.574. The molecule has 0 fully saturated rings. The Hall–Kier alpha value is -0.470. The SMILES string of the molecule is CC(C=O)c1cccc(Cl)c1S. The van der Waals surface area contributed by atoms with Crippen LogP contribution >= 0.6 is 24.2 Å². The van der Waals surface area contributed by atoms with Crippen LogP contribution < -0.4 is 0 Å². The number of hydrogen-bond donors (Lipinski definition) is 1. The van der Waals surface area contributed by atoms with Gasteiger partial charge in [0.25, 0.3) is 0 Å². The third-order valence-electron chi connectivity index (χ3n) is 1.71.